The topological polar surface area (TPSA) is 32.3 Å². The van der Waals surface area contributed by atoms with E-state index < -0.39 is 0 Å². The fourth-order valence-corrected chi connectivity index (χ4v) is 2.53. The molecule has 0 aliphatic heterocycles. The highest BCUT2D eigenvalue weighted by molar-refractivity contribution is 7.99. The molecular weight excluding hydrogens is 182 g/mol. The molecule has 0 aromatic rings. The molecule has 0 saturated heterocycles. The molecule has 2 N–H and O–H groups in total. The van der Waals surface area contributed by atoms with Crippen LogP contribution in [0.5, 0.6) is 0 Å². The molecule has 0 heterocycles. The van der Waals surface area contributed by atoms with Crippen LogP contribution >= 0.6 is 11.8 Å². The van der Waals surface area contributed by atoms with Crippen molar-refractivity contribution in [2.75, 3.05) is 11.5 Å². The van der Waals surface area contributed by atoms with Gasteiger partial charge in [-0.2, -0.15) is 11.8 Å². The molecule has 1 rings (SSSR count). The fourth-order valence-electron chi connectivity index (χ4n) is 1.84. The molecule has 0 radical (unpaired) electrons. The van der Waals surface area contributed by atoms with Gasteiger partial charge in [0.05, 0.1) is 6.10 Å². The van der Waals surface area contributed by atoms with E-state index in [1.54, 1.807) is 0 Å². The molecule has 1 unspecified atom stereocenters. The van der Waals surface area contributed by atoms with Gasteiger partial charge in [-0.05, 0) is 31.9 Å². The summed E-state index contributed by atoms with van der Waals surface area (Å²) in [4.78, 5) is 0. The van der Waals surface area contributed by atoms with Gasteiger partial charge >= 0.3 is 0 Å². The van der Waals surface area contributed by atoms with Gasteiger partial charge < -0.3 is 10.4 Å². The molecule has 2 nitrogen and oxygen atoms in total. The first-order valence-electron chi connectivity index (χ1n) is 5.26. The standard InChI is InChI=1S/C10H21NOS/c1-3-13-7-8(2)11-9-5-4-6-10(9)12/h8-12H,3-7H2,1-2H3/t8?,9-,10-/m1/s1. The van der Waals surface area contributed by atoms with E-state index in [1.807, 2.05) is 11.8 Å². The van der Waals surface area contributed by atoms with Gasteiger partial charge in [-0.25, -0.2) is 0 Å². The Bertz CT molecular complexity index is 143. The Hall–Kier alpha value is 0.270. The van der Waals surface area contributed by atoms with E-state index in [2.05, 4.69) is 19.2 Å². The summed E-state index contributed by atoms with van der Waals surface area (Å²) in [7, 11) is 0. The SMILES string of the molecule is CCSCC(C)N[C@@H]1CCC[C@H]1O. The molecule has 3 heteroatoms. The van der Waals surface area contributed by atoms with Gasteiger partial charge in [0.1, 0.15) is 0 Å². The van der Waals surface area contributed by atoms with Crippen LogP contribution in [0.3, 0.4) is 0 Å². The van der Waals surface area contributed by atoms with Crippen molar-refractivity contribution in [2.24, 2.45) is 0 Å². The summed E-state index contributed by atoms with van der Waals surface area (Å²) in [5.74, 6) is 2.33. The minimum Gasteiger partial charge on any atom is -0.392 e. The van der Waals surface area contributed by atoms with Gasteiger partial charge in [0, 0.05) is 17.8 Å². The molecule has 0 spiro atoms. The first-order chi connectivity index (χ1) is 6.24. The van der Waals surface area contributed by atoms with Crippen LogP contribution in [-0.2, 0) is 0 Å². The maximum Gasteiger partial charge on any atom is 0.0693 e. The minimum absolute atomic E-state index is 0.103. The van der Waals surface area contributed by atoms with Gasteiger partial charge in [-0.1, -0.05) is 6.92 Å². The molecule has 0 aromatic carbocycles. The third kappa shape index (κ3) is 3.88. The molecular formula is C10H21NOS. The van der Waals surface area contributed by atoms with Gasteiger partial charge in [-0.3, -0.25) is 0 Å². The van der Waals surface area contributed by atoms with E-state index in [4.69, 9.17) is 0 Å². The molecule has 0 bridgehead atoms. The maximum atomic E-state index is 9.59. The lowest BCUT2D eigenvalue weighted by atomic mass is 10.2. The van der Waals surface area contributed by atoms with Gasteiger partial charge in [-0.15, -0.1) is 0 Å². The molecule has 13 heavy (non-hydrogen) atoms. The lowest BCUT2D eigenvalue weighted by Gasteiger charge is -2.21. The number of thioether (sulfide) groups is 1. The van der Waals surface area contributed by atoms with Crippen LogP contribution in [0, 0.1) is 0 Å². The second-order valence-electron chi connectivity index (χ2n) is 3.83. The first-order valence-corrected chi connectivity index (χ1v) is 6.41. The van der Waals surface area contributed by atoms with Crippen LogP contribution < -0.4 is 5.32 Å². The highest BCUT2D eigenvalue weighted by Crippen LogP contribution is 2.19. The number of aliphatic hydroxyl groups excluding tert-OH is 1. The largest absolute Gasteiger partial charge is 0.392 e. The Morgan fingerprint density at radius 3 is 2.85 bits per heavy atom. The van der Waals surface area contributed by atoms with Crippen LogP contribution in [-0.4, -0.2) is 34.8 Å². The molecule has 1 saturated carbocycles. The zero-order chi connectivity index (χ0) is 9.68. The van der Waals surface area contributed by atoms with Crippen LogP contribution in [0.25, 0.3) is 0 Å². The van der Waals surface area contributed by atoms with Gasteiger partial charge in [0.2, 0.25) is 0 Å². The summed E-state index contributed by atoms with van der Waals surface area (Å²) >= 11 is 1.96. The van der Waals surface area contributed by atoms with Crippen molar-refractivity contribution in [1.29, 1.82) is 0 Å². The molecule has 1 fully saturated rings. The van der Waals surface area contributed by atoms with Gasteiger partial charge in [0.25, 0.3) is 0 Å². The Morgan fingerprint density at radius 1 is 1.54 bits per heavy atom. The number of aliphatic hydroxyl groups is 1. The van der Waals surface area contributed by atoms with Crippen LogP contribution in [0.15, 0.2) is 0 Å². The van der Waals surface area contributed by atoms with E-state index in [9.17, 15) is 5.11 Å². The third-order valence-electron chi connectivity index (χ3n) is 2.55. The summed E-state index contributed by atoms with van der Waals surface area (Å²) in [6.45, 7) is 4.38. The second kappa shape index (κ2) is 5.89. The molecule has 78 valence electrons. The summed E-state index contributed by atoms with van der Waals surface area (Å²) < 4.78 is 0. The highest BCUT2D eigenvalue weighted by atomic mass is 32.2. The summed E-state index contributed by atoms with van der Waals surface area (Å²) in [5.41, 5.74) is 0. The van der Waals surface area contributed by atoms with Crippen LogP contribution in [0.2, 0.25) is 0 Å². The lowest BCUT2D eigenvalue weighted by Crippen LogP contribution is -2.42. The summed E-state index contributed by atoms with van der Waals surface area (Å²) in [5, 5.41) is 13.1. The summed E-state index contributed by atoms with van der Waals surface area (Å²) in [6, 6.07) is 0.884. The van der Waals surface area contributed by atoms with Crippen molar-refractivity contribution < 1.29 is 5.11 Å². The quantitative estimate of drug-likeness (QED) is 0.712. The van der Waals surface area contributed by atoms with Crippen molar-refractivity contribution in [3.63, 3.8) is 0 Å². The smallest absolute Gasteiger partial charge is 0.0693 e. The number of nitrogens with one attached hydrogen (secondary N) is 1. The van der Waals surface area contributed by atoms with Crippen molar-refractivity contribution >= 4 is 11.8 Å². The number of hydrogen-bond acceptors (Lipinski definition) is 3. The van der Waals surface area contributed by atoms with Crippen molar-refractivity contribution in [2.45, 2.75) is 51.3 Å². The lowest BCUT2D eigenvalue weighted by molar-refractivity contribution is 0.145. The third-order valence-corrected chi connectivity index (χ3v) is 3.69. The fraction of sp³-hybridized carbons (Fsp3) is 1.00. The second-order valence-corrected chi connectivity index (χ2v) is 5.15. The predicted molar refractivity (Wildman–Crippen MR) is 59.2 cm³/mol. The summed E-state index contributed by atoms with van der Waals surface area (Å²) in [6.07, 6.45) is 3.19. The van der Waals surface area contributed by atoms with Crippen molar-refractivity contribution in [3.05, 3.63) is 0 Å². The van der Waals surface area contributed by atoms with Gasteiger partial charge in [0.15, 0.2) is 0 Å². The zero-order valence-corrected chi connectivity index (χ0v) is 9.44. The predicted octanol–water partition coefficient (Wildman–Crippen LogP) is 1.63. The van der Waals surface area contributed by atoms with E-state index >= 15 is 0 Å². The Kier molecular flexibility index (Phi) is 5.14. The van der Waals surface area contributed by atoms with E-state index in [0.717, 1.165) is 18.6 Å². The minimum atomic E-state index is -0.103. The number of hydrogen-bond donors (Lipinski definition) is 2. The van der Waals surface area contributed by atoms with Crippen molar-refractivity contribution in [1.82, 2.24) is 5.32 Å². The molecule has 1 aliphatic carbocycles. The molecule has 0 amide bonds. The average Bonchev–Trinajstić information content (AvgIpc) is 2.48. The van der Waals surface area contributed by atoms with E-state index in [1.165, 1.54) is 12.2 Å². The molecule has 1 aliphatic rings. The Balaban J connectivity index is 2.15. The van der Waals surface area contributed by atoms with Crippen LogP contribution in [0.1, 0.15) is 33.1 Å². The first kappa shape index (κ1) is 11.3. The molecule has 0 aromatic heterocycles. The average molecular weight is 203 g/mol. The monoisotopic (exact) mass is 203 g/mol. The Morgan fingerprint density at radius 2 is 2.31 bits per heavy atom. The highest BCUT2D eigenvalue weighted by Gasteiger charge is 2.25. The zero-order valence-electron chi connectivity index (χ0n) is 8.62. The number of rotatable bonds is 5. The maximum absolute atomic E-state index is 9.59. The molecule has 3 atom stereocenters. The van der Waals surface area contributed by atoms with Crippen molar-refractivity contribution in [3.8, 4) is 0 Å². The normalized spacial score (nSPS) is 30.7. The van der Waals surface area contributed by atoms with E-state index in [0.29, 0.717) is 12.1 Å². The Labute approximate surface area is 85.5 Å². The van der Waals surface area contributed by atoms with Crippen LogP contribution in [0.4, 0.5) is 0 Å². The van der Waals surface area contributed by atoms with E-state index in [-0.39, 0.29) is 6.10 Å².